The van der Waals surface area contributed by atoms with Crippen molar-refractivity contribution in [1.82, 2.24) is 9.88 Å². The van der Waals surface area contributed by atoms with Crippen LogP contribution in [0.25, 0.3) is 10.6 Å². The number of thiazole rings is 1. The van der Waals surface area contributed by atoms with Crippen molar-refractivity contribution in [2.75, 3.05) is 13.2 Å². The van der Waals surface area contributed by atoms with Gasteiger partial charge in [-0.25, -0.2) is 9.37 Å². The highest BCUT2D eigenvalue weighted by Crippen LogP contribution is 2.30. The van der Waals surface area contributed by atoms with Gasteiger partial charge in [0, 0.05) is 12.1 Å². The van der Waals surface area contributed by atoms with Crippen molar-refractivity contribution in [3.63, 3.8) is 0 Å². The fraction of sp³-hybridized carbons (Fsp3) is 0.412. The second kappa shape index (κ2) is 6.76. The van der Waals surface area contributed by atoms with Crippen LogP contribution in [0.5, 0.6) is 0 Å². The number of halogens is 1. The molecular formula is C17H19FN2O2S. The number of nitrogens with zero attached hydrogens (tertiary/aromatic N) is 2. The average Bonchev–Trinajstić information content (AvgIpc) is 3.04. The van der Waals surface area contributed by atoms with Crippen molar-refractivity contribution in [1.29, 1.82) is 0 Å². The number of carbonyl (C=O) groups is 1. The Bertz CT molecular complexity index is 703. The molecule has 2 aromatic rings. The topological polar surface area (TPSA) is 53.4 Å². The van der Waals surface area contributed by atoms with Gasteiger partial charge in [0.2, 0.25) is 0 Å². The predicted molar refractivity (Wildman–Crippen MR) is 87.8 cm³/mol. The molecule has 2 unspecified atom stereocenters. The number of likely N-dealkylation sites (tertiary alicyclic amines) is 1. The Morgan fingerprint density at radius 3 is 3.00 bits per heavy atom. The van der Waals surface area contributed by atoms with Gasteiger partial charge in [-0.05, 0) is 30.9 Å². The predicted octanol–water partition coefficient (Wildman–Crippen LogP) is 3.18. The van der Waals surface area contributed by atoms with E-state index in [4.69, 9.17) is 0 Å². The molecule has 2 atom stereocenters. The standard InChI is InChI=1S/C17H19FN2O2S/c1-11-5-4-8-20(14(11)10-21)17(22)15-9-19-16(23-15)12-6-2-3-7-13(12)18/h2-3,6-7,9,11,14,21H,4-5,8,10H2,1H3. The summed E-state index contributed by atoms with van der Waals surface area (Å²) in [5.41, 5.74) is 0.405. The lowest BCUT2D eigenvalue weighted by Crippen LogP contribution is -2.49. The van der Waals surface area contributed by atoms with Crippen molar-refractivity contribution in [2.45, 2.75) is 25.8 Å². The third kappa shape index (κ3) is 3.14. The monoisotopic (exact) mass is 334 g/mol. The van der Waals surface area contributed by atoms with Gasteiger partial charge in [-0.1, -0.05) is 19.1 Å². The Kier molecular flexibility index (Phi) is 4.73. The van der Waals surface area contributed by atoms with Crippen molar-refractivity contribution < 1.29 is 14.3 Å². The van der Waals surface area contributed by atoms with E-state index in [9.17, 15) is 14.3 Å². The summed E-state index contributed by atoms with van der Waals surface area (Å²) in [6.07, 6.45) is 3.45. The lowest BCUT2D eigenvalue weighted by Gasteiger charge is -2.38. The molecule has 2 heterocycles. The Hall–Kier alpha value is -1.79. The number of hydrogen-bond acceptors (Lipinski definition) is 4. The molecule has 4 nitrogen and oxygen atoms in total. The first kappa shape index (κ1) is 16.1. The molecule has 122 valence electrons. The van der Waals surface area contributed by atoms with Crippen LogP contribution in [-0.4, -0.2) is 40.1 Å². The first-order valence-electron chi connectivity index (χ1n) is 7.74. The molecular weight excluding hydrogens is 315 g/mol. The quantitative estimate of drug-likeness (QED) is 0.938. The van der Waals surface area contributed by atoms with Crippen LogP contribution in [0.4, 0.5) is 4.39 Å². The van der Waals surface area contributed by atoms with Crippen molar-refractivity contribution in [2.24, 2.45) is 5.92 Å². The molecule has 1 N–H and O–H groups in total. The molecule has 1 aliphatic rings. The number of aliphatic hydroxyl groups is 1. The largest absolute Gasteiger partial charge is 0.394 e. The van der Waals surface area contributed by atoms with E-state index in [1.54, 1.807) is 23.1 Å². The molecule has 1 aromatic carbocycles. The summed E-state index contributed by atoms with van der Waals surface area (Å²) in [5.74, 6) is -0.201. The summed E-state index contributed by atoms with van der Waals surface area (Å²) in [6, 6.07) is 6.25. The fourth-order valence-corrected chi connectivity index (χ4v) is 3.95. The van der Waals surface area contributed by atoms with Crippen molar-refractivity contribution >= 4 is 17.2 Å². The van der Waals surface area contributed by atoms with Crippen LogP contribution in [0.1, 0.15) is 29.4 Å². The highest BCUT2D eigenvalue weighted by molar-refractivity contribution is 7.16. The molecule has 1 aromatic heterocycles. The number of hydrogen-bond donors (Lipinski definition) is 1. The van der Waals surface area contributed by atoms with Crippen LogP contribution in [0.2, 0.25) is 0 Å². The smallest absolute Gasteiger partial charge is 0.265 e. The van der Waals surface area contributed by atoms with Gasteiger partial charge in [0.05, 0.1) is 18.8 Å². The van der Waals surface area contributed by atoms with Crippen LogP contribution >= 0.6 is 11.3 Å². The highest BCUT2D eigenvalue weighted by atomic mass is 32.1. The van der Waals surface area contributed by atoms with Gasteiger partial charge < -0.3 is 10.0 Å². The molecule has 1 amide bonds. The molecule has 1 saturated heterocycles. The van der Waals surface area contributed by atoms with Gasteiger partial charge in [-0.15, -0.1) is 11.3 Å². The third-order valence-corrected chi connectivity index (χ3v) is 5.40. The molecule has 6 heteroatoms. The van der Waals surface area contributed by atoms with Gasteiger partial charge in [-0.2, -0.15) is 0 Å². The first-order valence-corrected chi connectivity index (χ1v) is 8.56. The van der Waals surface area contributed by atoms with Gasteiger partial charge in [-0.3, -0.25) is 4.79 Å². The minimum absolute atomic E-state index is 0.0358. The minimum Gasteiger partial charge on any atom is -0.394 e. The zero-order chi connectivity index (χ0) is 16.4. The summed E-state index contributed by atoms with van der Waals surface area (Å²) >= 11 is 1.19. The number of amides is 1. The lowest BCUT2D eigenvalue weighted by molar-refractivity contribution is 0.0362. The SMILES string of the molecule is CC1CCCN(C(=O)c2cnc(-c3ccccc3F)s2)C1CO. The number of benzene rings is 1. The van der Waals surface area contributed by atoms with Gasteiger partial charge in [0.1, 0.15) is 15.7 Å². The van der Waals surface area contributed by atoms with Crippen molar-refractivity contribution in [3.05, 3.63) is 41.2 Å². The normalized spacial score (nSPS) is 21.4. The Balaban J connectivity index is 1.85. The molecule has 0 aliphatic carbocycles. The Morgan fingerprint density at radius 2 is 2.26 bits per heavy atom. The van der Waals surface area contributed by atoms with E-state index < -0.39 is 0 Å². The van der Waals surface area contributed by atoms with E-state index in [2.05, 4.69) is 11.9 Å². The summed E-state index contributed by atoms with van der Waals surface area (Å²) in [7, 11) is 0. The van der Waals surface area contributed by atoms with Gasteiger partial charge >= 0.3 is 0 Å². The third-order valence-electron chi connectivity index (χ3n) is 4.38. The maximum atomic E-state index is 13.8. The summed E-state index contributed by atoms with van der Waals surface area (Å²) in [5, 5.41) is 10.1. The second-order valence-electron chi connectivity index (χ2n) is 5.88. The Morgan fingerprint density at radius 1 is 1.48 bits per heavy atom. The summed E-state index contributed by atoms with van der Waals surface area (Å²) in [4.78, 5) is 19.1. The maximum absolute atomic E-state index is 13.8. The van der Waals surface area contributed by atoms with Crippen LogP contribution in [0.15, 0.2) is 30.5 Å². The molecule has 0 bridgehead atoms. The molecule has 1 fully saturated rings. The van der Waals surface area contributed by atoms with E-state index in [1.165, 1.54) is 23.6 Å². The zero-order valence-corrected chi connectivity index (χ0v) is 13.7. The van der Waals surface area contributed by atoms with E-state index in [1.807, 2.05) is 0 Å². The van der Waals surface area contributed by atoms with Crippen molar-refractivity contribution in [3.8, 4) is 10.6 Å². The molecule has 1 aliphatic heterocycles. The van der Waals surface area contributed by atoms with Crippen LogP contribution in [0, 0.1) is 11.7 Å². The molecule has 0 saturated carbocycles. The maximum Gasteiger partial charge on any atom is 0.265 e. The van der Waals surface area contributed by atoms with E-state index in [-0.39, 0.29) is 30.3 Å². The Labute approximate surface area is 138 Å². The number of aromatic nitrogens is 1. The van der Waals surface area contributed by atoms with Crippen LogP contribution in [0.3, 0.4) is 0 Å². The second-order valence-corrected chi connectivity index (χ2v) is 6.91. The molecule has 23 heavy (non-hydrogen) atoms. The number of carbonyl (C=O) groups excluding carboxylic acids is 1. The lowest BCUT2D eigenvalue weighted by atomic mass is 9.91. The van der Waals surface area contributed by atoms with Gasteiger partial charge in [0.25, 0.3) is 5.91 Å². The molecule has 0 spiro atoms. The first-order chi connectivity index (χ1) is 11.1. The number of aliphatic hydroxyl groups excluding tert-OH is 1. The fourth-order valence-electron chi connectivity index (χ4n) is 3.05. The van der Waals surface area contributed by atoms with Crippen LogP contribution < -0.4 is 0 Å². The van der Waals surface area contributed by atoms with E-state index in [0.29, 0.717) is 22.0 Å². The van der Waals surface area contributed by atoms with E-state index in [0.717, 1.165) is 12.8 Å². The van der Waals surface area contributed by atoms with E-state index >= 15 is 0 Å². The van der Waals surface area contributed by atoms with Gasteiger partial charge in [0.15, 0.2) is 0 Å². The average molecular weight is 334 g/mol. The number of piperidine rings is 1. The summed E-state index contributed by atoms with van der Waals surface area (Å²) < 4.78 is 13.8. The molecule has 0 radical (unpaired) electrons. The summed E-state index contributed by atoms with van der Waals surface area (Å²) in [6.45, 7) is 2.66. The highest BCUT2D eigenvalue weighted by Gasteiger charge is 2.32. The van der Waals surface area contributed by atoms with Crippen LogP contribution in [-0.2, 0) is 0 Å². The number of rotatable bonds is 3. The minimum atomic E-state index is -0.347. The molecule has 3 rings (SSSR count). The zero-order valence-electron chi connectivity index (χ0n) is 12.9.